The molecule has 2 aromatic heterocycles. The summed E-state index contributed by atoms with van der Waals surface area (Å²) in [5.41, 5.74) is 3.13. The molecule has 4 aromatic rings. The van der Waals surface area contributed by atoms with Gasteiger partial charge in [-0.3, -0.25) is 19.2 Å². The molecule has 20 heteroatoms. The molecule has 0 saturated carbocycles. The second-order valence-corrected chi connectivity index (χ2v) is 26.0. The predicted octanol–water partition coefficient (Wildman–Crippen LogP) is 10.3. The SMILES string of the molecule is CC(C)C[C@H]1C(=O)O[C@H](Cc2ccc(Cc3sccc3Cl)cc2)C(=O)N(C)[C@@H](CC(C)C)C(=O)O[C@H](C)C(=O)N(C)[C@@H](CC(C)C)C(=O)O[C@H](Cc2ccc(Cc3sccc3Cl)cc2)C(=O)N(C)[C@@H](CC(C)C)C(=O)O[C@H](C)C(=O)N1C. The Balaban J connectivity index is 1.59. The lowest BCUT2D eigenvalue weighted by molar-refractivity contribution is -0.176. The van der Waals surface area contributed by atoms with Crippen LogP contribution in [0.3, 0.4) is 0 Å². The summed E-state index contributed by atoms with van der Waals surface area (Å²) in [5.74, 6) is -7.44. The summed E-state index contributed by atoms with van der Waals surface area (Å²) in [5, 5.41) is 5.13. The van der Waals surface area contributed by atoms with Gasteiger partial charge in [-0.15, -0.1) is 22.7 Å². The molecule has 3 heterocycles. The Kier molecular flexibility index (Phi) is 25.0. The van der Waals surface area contributed by atoms with E-state index in [1.54, 1.807) is 0 Å². The number of rotatable bonds is 16. The molecule has 1 saturated heterocycles. The molecular weight excluding hydrogens is 1130 g/mol. The molecule has 0 N–H and O–H groups in total. The number of ether oxygens (including phenoxy) is 4. The molecule has 0 aliphatic carbocycles. The van der Waals surface area contributed by atoms with Gasteiger partial charge >= 0.3 is 23.9 Å². The van der Waals surface area contributed by atoms with Crippen molar-refractivity contribution in [1.82, 2.24) is 19.6 Å². The predicted molar refractivity (Wildman–Crippen MR) is 319 cm³/mol. The lowest BCUT2D eigenvalue weighted by atomic mass is 9.99. The van der Waals surface area contributed by atoms with E-state index < -0.39 is 96.1 Å². The van der Waals surface area contributed by atoms with Crippen molar-refractivity contribution < 1.29 is 57.3 Å². The average molecular weight is 1210 g/mol. The van der Waals surface area contributed by atoms with Gasteiger partial charge in [0.15, 0.2) is 24.4 Å². The van der Waals surface area contributed by atoms with Crippen LogP contribution in [-0.2, 0) is 83.0 Å². The molecule has 5 rings (SSSR count). The van der Waals surface area contributed by atoms with Crippen LogP contribution in [0.15, 0.2) is 71.4 Å². The third kappa shape index (κ3) is 18.6. The van der Waals surface area contributed by atoms with E-state index in [2.05, 4.69) is 0 Å². The fourth-order valence-corrected chi connectivity index (χ4v) is 12.0. The number of halogens is 2. The Morgan fingerprint density at radius 1 is 0.402 bits per heavy atom. The van der Waals surface area contributed by atoms with E-state index in [-0.39, 0.29) is 62.2 Å². The Labute approximate surface area is 502 Å². The van der Waals surface area contributed by atoms with E-state index in [1.165, 1.54) is 64.7 Å². The van der Waals surface area contributed by atoms with Crippen molar-refractivity contribution >= 4 is 93.4 Å². The van der Waals surface area contributed by atoms with Crippen LogP contribution in [0.1, 0.15) is 127 Å². The first kappa shape index (κ1) is 67.0. The lowest BCUT2D eigenvalue weighted by Gasteiger charge is -2.35. The molecule has 16 nitrogen and oxygen atoms in total. The number of carbonyl (C=O) groups excluding carboxylic acids is 8. The van der Waals surface area contributed by atoms with Crippen molar-refractivity contribution in [2.75, 3.05) is 28.2 Å². The Bertz CT molecular complexity index is 2630. The van der Waals surface area contributed by atoms with Crippen molar-refractivity contribution in [3.8, 4) is 0 Å². The van der Waals surface area contributed by atoms with Crippen LogP contribution in [-0.4, -0.2) is 144 Å². The molecule has 0 unspecified atom stereocenters. The van der Waals surface area contributed by atoms with Gasteiger partial charge in [0.2, 0.25) is 0 Å². The quantitative estimate of drug-likeness (QED) is 0.0765. The maximum absolute atomic E-state index is 15.0. The van der Waals surface area contributed by atoms with E-state index in [0.29, 0.717) is 34.0 Å². The Hall–Kier alpha value is -5.82. The second kappa shape index (κ2) is 30.6. The van der Waals surface area contributed by atoms with Crippen LogP contribution in [0.2, 0.25) is 10.0 Å². The highest BCUT2D eigenvalue weighted by Crippen LogP contribution is 2.29. The number of amides is 4. The molecule has 0 bridgehead atoms. The van der Waals surface area contributed by atoms with Gasteiger partial charge in [0.05, 0.1) is 10.0 Å². The average Bonchev–Trinajstić information content (AvgIpc) is 4.03. The molecule has 1 aliphatic heterocycles. The summed E-state index contributed by atoms with van der Waals surface area (Å²) < 4.78 is 24.2. The van der Waals surface area contributed by atoms with Crippen LogP contribution < -0.4 is 0 Å². The fraction of sp³-hybridized carbons (Fsp3) is 0.548. The summed E-state index contributed by atoms with van der Waals surface area (Å²) in [6, 6.07) is 13.3. The number of nitrogens with zero attached hydrogens (tertiary/aromatic N) is 4. The molecule has 2 aromatic carbocycles. The van der Waals surface area contributed by atoms with Gasteiger partial charge in [-0.25, -0.2) is 19.2 Å². The number of hydrogen-bond acceptors (Lipinski definition) is 14. The minimum absolute atomic E-state index is 0.0815. The van der Waals surface area contributed by atoms with Gasteiger partial charge in [-0.1, -0.05) is 127 Å². The number of likely N-dealkylation sites (N-methyl/N-ethyl adjacent to an activating group) is 4. The van der Waals surface area contributed by atoms with E-state index in [0.717, 1.165) is 40.5 Å². The molecular formula is C62H82Cl2N4O12S2. The van der Waals surface area contributed by atoms with Crippen molar-refractivity contribution in [3.63, 3.8) is 0 Å². The number of thiophene rings is 2. The molecule has 0 spiro atoms. The second-order valence-electron chi connectivity index (χ2n) is 23.2. The highest BCUT2D eigenvalue weighted by molar-refractivity contribution is 7.10. The first-order valence-electron chi connectivity index (χ1n) is 28.0. The van der Waals surface area contributed by atoms with Crippen molar-refractivity contribution in [2.45, 2.75) is 169 Å². The maximum atomic E-state index is 15.0. The van der Waals surface area contributed by atoms with Gasteiger partial charge in [0.25, 0.3) is 23.6 Å². The number of cyclic esters (lactones) is 4. The van der Waals surface area contributed by atoms with Crippen LogP contribution in [0, 0.1) is 23.7 Å². The first-order chi connectivity index (χ1) is 38.6. The summed E-state index contributed by atoms with van der Waals surface area (Å²) in [6.07, 6.45) is -4.84. The zero-order chi connectivity index (χ0) is 60.9. The first-order valence-corrected chi connectivity index (χ1v) is 30.6. The van der Waals surface area contributed by atoms with Crippen LogP contribution in [0.25, 0.3) is 0 Å². The van der Waals surface area contributed by atoms with Gasteiger partial charge in [0, 0.05) is 63.6 Å². The van der Waals surface area contributed by atoms with Crippen molar-refractivity contribution in [1.29, 1.82) is 0 Å². The zero-order valence-corrected chi connectivity index (χ0v) is 52.9. The third-order valence-corrected chi connectivity index (χ3v) is 17.3. The molecule has 0 radical (unpaired) electrons. The normalized spacial score (nSPS) is 23.0. The summed E-state index contributed by atoms with van der Waals surface area (Å²) in [4.78, 5) is 124. The highest BCUT2D eigenvalue weighted by atomic mass is 35.5. The summed E-state index contributed by atoms with van der Waals surface area (Å²) in [6.45, 7) is 17.5. The van der Waals surface area contributed by atoms with E-state index in [9.17, 15) is 28.8 Å². The molecule has 4 amide bonds. The highest BCUT2D eigenvalue weighted by Gasteiger charge is 2.43. The van der Waals surface area contributed by atoms with Gasteiger partial charge in [-0.05, 0) is 108 Å². The van der Waals surface area contributed by atoms with Crippen LogP contribution in [0.4, 0.5) is 0 Å². The number of esters is 4. The number of hydrogen-bond donors (Lipinski definition) is 0. The standard InChI is InChI=1S/C62H82Cl2N4O12S2/c1-35(2)27-47-59(73)77-39(9)55(69)65(11)50(30-38(7)8)62(76)80-52(32-42-17-21-44(22-18-42)34-54-46(64)24-26-82-54)58(72)68(14)48(28-36(3)4)60(74)78-40(10)56(70)66(12)49(29-37(5)6)61(75)79-51(57(71)67(47)13)31-41-15-19-43(20-16-41)33-53-45(63)23-25-81-53/h15-26,35-40,47-52H,27-34H2,1-14H3/t39-,40-,47+,48+,49+,50+,51-,52-/m1/s1. The minimum atomic E-state index is -1.53. The van der Waals surface area contributed by atoms with E-state index >= 15 is 9.59 Å². The smallest absolute Gasteiger partial charge is 0.329 e. The Morgan fingerprint density at radius 2 is 0.659 bits per heavy atom. The zero-order valence-electron chi connectivity index (χ0n) is 49.8. The number of benzene rings is 2. The van der Waals surface area contributed by atoms with Gasteiger partial charge in [0.1, 0.15) is 24.2 Å². The van der Waals surface area contributed by atoms with Gasteiger partial charge in [-0.2, -0.15) is 0 Å². The van der Waals surface area contributed by atoms with Crippen molar-refractivity contribution in [3.05, 3.63) is 113 Å². The fourth-order valence-electron chi connectivity index (χ4n) is 9.77. The molecule has 1 aliphatic rings. The van der Waals surface area contributed by atoms with E-state index in [4.69, 9.17) is 42.1 Å². The van der Waals surface area contributed by atoms with Crippen LogP contribution in [0.5, 0.6) is 0 Å². The maximum Gasteiger partial charge on any atom is 0.329 e. The molecule has 8 atom stereocenters. The van der Waals surface area contributed by atoms with Crippen molar-refractivity contribution in [2.24, 2.45) is 23.7 Å². The monoisotopic (exact) mass is 1210 g/mol. The number of carbonyl (C=O) groups is 8. The van der Waals surface area contributed by atoms with Crippen LogP contribution >= 0.6 is 45.9 Å². The topological polar surface area (TPSA) is 186 Å². The van der Waals surface area contributed by atoms with E-state index in [1.807, 2.05) is 127 Å². The minimum Gasteiger partial charge on any atom is -0.451 e. The molecule has 82 heavy (non-hydrogen) atoms. The molecule has 1 fully saturated rings. The summed E-state index contributed by atoms with van der Waals surface area (Å²) >= 11 is 15.9. The Morgan fingerprint density at radius 3 is 0.915 bits per heavy atom. The largest absolute Gasteiger partial charge is 0.451 e. The third-order valence-electron chi connectivity index (χ3n) is 14.5. The lowest BCUT2D eigenvalue weighted by Crippen LogP contribution is -2.55. The molecule has 448 valence electrons. The summed E-state index contributed by atoms with van der Waals surface area (Å²) in [7, 11) is 5.57. The van der Waals surface area contributed by atoms with Gasteiger partial charge < -0.3 is 38.5 Å².